The van der Waals surface area contributed by atoms with Crippen LogP contribution in [0.3, 0.4) is 0 Å². The number of fused-ring (bicyclic) bond motifs is 5. The summed E-state index contributed by atoms with van der Waals surface area (Å²) in [6, 6.07) is -0.223. The molecule has 0 aromatic carbocycles. The van der Waals surface area contributed by atoms with Crippen LogP contribution >= 0.6 is 0 Å². The maximum Gasteiger partial charge on any atom is 0.160 e. The van der Waals surface area contributed by atoms with E-state index in [0.29, 0.717) is 23.0 Å². The molecular formula is C25H39N3O2. The molecular weight excluding hydrogens is 374 g/mol. The maximum atomic E-state index is 13.5. The van der Waals surface area contributed by atoms with Crippen molar-refractivity contribution in [3.63, 3.8) is 0 Å². The number of hydrogen-bond acceptors (Lipinski definition) is 4. The summed E-state index contributed by atoms with van der Waals surface area (Å²) in [5.41, 5.74) is 0.0433. The summed E-state index contributed by atoms with van der Waals surface area (Å²) >= 11 is 0. The fraction of sp³-hybridized carbons (Fsp3) is 0.880. The molecule has 5 nitrogen and oxygen atoms in total. The number of carbonyl (C=O) groups excluding carboxylic acids is 1. The van der Waals surface area contributed by atoms with Gasteiger partial charge in [-0.2, -0.15) is 0 Å². The lowest BCUT2D eigenvalue weighted by molar-refractivity contribution is -0.151. The first-order valence-electron chi connectivity index (χ1n) is 12.3. The zero-order valence-electron chi connectivity index (χ0n) is 19.2. The first-order valence-corrected chi connectivity index (χ1v) is 12.3. The van der Waals surface area contributed by atoms with Crippen LogP contribution in [0.4, 0.5) is 0 Å². The predicted molar refractivity (Wildman–Crippen MR) is 116 cm³/mol. The molecule has 1 aromatic rings. The van der Waals surface area contributed by atoms with E-state index in [0.717, 1.165) is 31.1 Å². The molecule has 1 aromatic heterocycles. The van der Waals surface area contributed by atoms with Gasteiger partial charge in [0.2, 0.25) is 0 Å². The normalized spacial score (nSPS) is 49.0. The van der Waals surface area contributed by atoms with Gasteiger partial charge >= 0.3 is 0 Å². The van der Waals surface area contributed by atoms with Crippen molar-refractivity contribution >= 4 is 5.78 Å². The number of carbonyl (C=O) groups is 1. The molecule has 0 amide bonds. The number of nitrogens with zero attached hydrogens (tertiary/aromatic N) is 3. The van der Waals surface area contributed by atoms with Crippen molar-refractivity contribution in [1.29, 1.82) is 0 Å². The molecule has 0 spiro atoms. The highest BCUT2D eigenvalue weighted by atomic mass is 16.3. The van der Waals surface area contributed by atoms with E-state index in [1.165, 1.54) is 38.5 Å². The molecule has 4 aliphatic rings. The van der Waals surface area contributed by atoms with Gasteiger partial charge in [-0.25, -0.2) is 4.68 Å². The highest BCUT2D eigenvalue weighted by Gasteiger charge is 2.62. The number of aromatic nitrogens is 3. The topological polar surface area (TPSA) is 68.0 Å². The van der Waals surface area contributed by atoms with Crippen molar-refractivity contribution in [2.75, 3.05) is 0 Å². The fourth-order valence-corrected chi connectivity index (χ4v) is 8.74. The number of Topliss-reactive ketones (excluding diaryl/α,β-unsaturated/α-hetero) is 1. The van der Waals surface area contributed by atoms with Crippen molar-refractivity contribution in [1.82, 2.24) is 15.0 Å². The number of aliphatic hydroxyl groups is 1. The van der Waals surface area contributed by atoms with Crippen molar-refractivity contribution in [3.05, 3.63) is 12.4 Å². The Morgan fingerprint density at radius 3 is 2.53 bits per heavy atom. The van der Waals surface area contributed by atoms with Gasteiger partial charge in [-0.1, -0.05) is 19.1 Å². The lowest BCUT2D eigenvalue weighted by atomic mass is 9.44. The van der Waals surface area contributed by atoms with Crippen LogP contribution in [0.25, 0.3) is 0 Å². The van der Waals surface area contributed by atoms with Crippen molar-refractivity contribution in [2.45, 2.75) is 97.1 Å². The molecule has 166 valence electrons. The van der Waals surface area contributed by atoms with E-state index in [4.69, 9.17) is 0 Å². The quantitative estimate of drug-likeness (QED) is 0.771. The van der Waals surface area contributed by atoms with E-state index < -0.39 is 5.60 Å². The Balaban J connectivity index is 1.37. The maximum absolute atomic E-state index is 13.5. The van der Waals surface area contributed by atoms with Crippen LogP contribution in [-0.4, -0.2) is 31.5 Å². The second-order valence-corrected chi connectivity index (χ2v) is 12.0. The molecule has 0 unspecified atom stereocenters. The Morgan fingerprint density at radius 2 is 1.80 bits per heavy atom. The van der Waals surface area contributed by atoms with Crippen LogP contribution in [0, 0.1) is 40.4 Å². The Kier molecular flexibility index (Phi) is 4.74. The molecule has 30 heavy (non-hydrogen) atoms. The van der Waals surface area contributed by atoms with Gasteiger partial charge in [0.25, 0.3) is 0 Å². The third-order valence-electron chi connectivity index (χ3n) is 10.5. The summed E-state index contributed by atoms with van der Waals surface area (Å²) in [6.45, 7) is 8.99. The van der Waals surface area contributed by atoms with Crippen molar-refractivity contribution in [3.8, 4) is 0 Å². The van der Waals surface area contributed by atoms with Crippen LogP contribution in [-0.2, 0) is 4.79 Å². The largest absolute Gasteiger partial charge is 0.390 e. The average molecular weight is 414 g/mol. The molecule has 1 N–H and O–H groups in total. The standard InChI is InChI=1S/C25H39N3O2/c1-16(28-14-13-26-27-28)22(29)21-8-7-19-18-6-5-17-15-23(2,30)11-12-24(17,3)20(18)9-10-25(19,21)4/h13-14,16-21,30H,5-12,15H2,1-4H3/t16-,17+,18+,19+,20+,21-,23-,24+,25+/m1/s1. The van der Waals surface area contributed by atoms with Crippen molar-refractivity contribution < 1.29 is 9.90 Å². The molecule has 9 atom stereocenters. The van der Waals surface area contributed by atoms with E-state index in [9.17, 15) is 9.90 Å². The van der Waals surface area contributed by atoms with E-state index in [2.05, 4.69) is 24.2 Å². The zero-order valence-corrected chi connectivity index (χ0v) is 19.2. The molecule has 5 rings (SSSR count). The Hall–Kier alpha value is -1.23. The lowest BCUT2D eigenvalue weighted by Gasteiger charge is -2.61. The van der Waals surface area contributed by atoms with Gasteiger partial charge in [-0.3, -0.25) is 4.79 Å². The predicted octanol–water partition coefficient (Wildman–Crippen LogP) is 4.82. The van der Waals surface area contributed by atoms with E-state index in [1.807, 2.05) is 20.0 Å². The Morgan fingerprint density at radius 1 is 1.03 bits per heavy atom. The number of rotatable bonds is 3. The van der Waals surface area contributed by atoms with E-state index in [-0.39, 0.29) is 17.4 Å². The van der Waals surface area contributed by atoms with Crippen LogP contribution in [0.1, 0.15) is 91.5 Å². The highest BCUT2D eigenvalue weighted by Crippen LogP contribution is 2.68. The van der Waals surface area contributed by atoms with Gasteiger partial charge in [-0.05, 0) is 106 Å². The van der Waals surface area contributed by atoms with Crippen molar-refractivity contribution in [2.24, 2.45) is 40.4 Å². The summed E-state index contributed by atoms with van der Waals surface area (Å²) in [6.07, 6.45) is 13.8. The zero-order chi connectivity index (χ0) is 21.3. The molecule has 0 bridgehead atoms. The summed E-state index contributed by atoms with van der Waals surface area (Å²) in [5, 5.41) is 18.7. The second kappa shape index (κ2) is 6.88. The molecule has 5 heteroatoms. The molecule has 4 saturated carbocycles. The molecule has 0 radical (unpaired) electrons. The summed E-state index contributed by atoms with van der Waals surface area (Å²) < 4.78 is 1.73. The van der Waals surface area contributed by atoms with Gasteiger partial charge in [-0.15, -0.1) is 5.10 Å². The van der Waals surface area contributed by atoms with Crippen LogP contribution in [0.15, 0.2) is 12.4 Å². The Labute approximate surface area is 181 Å². The van der Waals surface area contributed by atoms with Gasteiger partial charge in [0.1, 0.15) is 6.04 Å². The molecule has 4 fully saturated rings. The highest BCUT2D eigenvalue weighted by molar-refractivity contribution is 5.85. The number of ketones is 1. The van der Waals surface area contributed by atoms with Gasteiger partial charge < -0.3 is 5.11 Å². The van der Waals surface area contributed by atoms with E-state index in [1.54, 1.807) is 10.9 Å². The molecule has 0 aliphatic heterocycles. The SMILES string of the molecule is C[C@H](C(=O)[C@H]1CC[C@H]2[C@@H]3CC[C@H]4C[C@](C)(O)CC[C@]4(C)[C@H]3CC[C@]12C)n1ccnn1. The Bertz CT molecular complexity index is 805. The minimum atomic E-state index is -0.470. The fourth-order valence-electron chi connectivity index (χ4n) is 8.74. The van der Waals surface area contributed by atoms with E-state index >= 15 is 0 Å². The molecule has 0 saturated heterocycles. The first-order chi connectivity index (χ1) is 14.2. The van der Waals surface area contributed by atoms with Crippen LogP contribution < -0.4 is 0 Å². The first kappa shape index (κ1) is 20.7. The van der Waals surface area contributed by atoms with Gasteiger partial charge in [0.05, 0.1) is 11.8 Å². The smallest absolute Gasteiger partial charge is 0.160 e. The summed E-state index contributed by atoms with van der Waals surface area (Å²) in [4.78, 5) is 13.5. The minimum Gasteiger partial charge on any atom is -0.390 e. The van der Waals surface area contributed by atoms with Gasteiger partial charge in [0, 0.05) is 12.1 Å². The summed E-state index contributed by atoms with van der Waals surface area (Å²) in [7, 11) is 0. The van der Waals surface area contributed by atoms with Crippen LogP contribution in [0.5, 0.6) is 0 Å². The monoisotopic (exact) mass is 413 g/mol. The second-order valence-electron chi connectivity index (χ2n) is 12.0. The lowest BCUT2D eigenvalue weighted by Crippen LogP contribution is -2.55. The molecule has 4 aliphatic carbocycles. The average Bonchev–Trinajstić information content (AvgIpc) is 3.35. The summed E-state index contributed by atoms with van der Waals surface area (Å²) in [5.74, 6) is 3.38. The third-order valence-corrected chi connectivity index (χ3v) is 10.5. The number of hydrogen-bond donors (Lipinski definition) is 1. The van der Waals surface area contributed by atoms with Crippen LogP contribution in [0.2, 0.25) is 0 Å². The molecule has 1 heterocycles. The minimum absolute atomic E-state index is 0.135. The van der Waals surface area contributed by atoms with Gasteiger partial charge in [0.15, 0.2) is 5.78 Å². The third kappa shape index (κ3) is 2.94.